The third kappa shape index (κ3) is 2.12. The largest absolute Gasteiger partial charge is 0.383 e. The zero-order chi connectivity index (χ0) is 16.1. The Labute approximate surface area is 139 Å². The summed E-state index contributed by atoms with van der Waals surface area (Å²) < 4.78 is 2.00. The van der Waals surface area contributed by atoms with Crippen LogP contribution in [0.4, 0.5) is 5.82 Å². The highest BCUT2D eigenvalue weighted by Gasteiger charge is 2.25. The summed E-state index contributed by atoms with van der Waals surface area (Å²) in [5, 5.41) is 8.10. The lowest BCUT2D eigenvalue weighted by Gasteiger charge is -2.02. The van der Waals surface area contributed by atoms with Gasteiger partial charge in [-0.05, 0) is 35.6 Å². The molecular formula is C19H17N5. The van der Waals surface area contributed by atoms with Gasteiger partial charge in [0.15, 0.2) is 5.65 Å². The number of nitrogen functional groups attached to an aromatic ring is 1. The van der Waals surface area contributed by atoms with Crippen molar-refractivity contribution in [3.8, 4) is 11.3 Å². The van der Waals surface area contributed by atoms with Crippen LogP contribution in [-0.4, -0.2) is 19.7 Å². The molecule has 0 unspecified atom stereocenters. The van der Waals surface area contributed by atoms with Crippen LogP contribution in [0.15, 0.2) is 48.8 Å². The van der Waals surface area contributed by atoms with E-state index in [0.717, 1.165) is 28.8 Å². The molecule has 0 bridgehead atoms. The molecule has 0 saturated heterocycles. The van der Waals surface area contributed by atoms with E-state index in [0.29, 0.717) is 11.7 Å². The van der Waals surface area contributed by atoms with Crippen LogP contribution in [0.1, 0.15) is 12.8 Å². The monoisotopic (exact) mass is 315 g/mol. The summed E-state index contributed by atoms with van der Waals surface area (Å²) in [6.45, 7) is 0.903. The highest BCUT2D eigenvalue weighted by Crippen LogP contribution is 2.35. The van der Waals surface area contributed by atoms with Crippen LogP contribution in [0.3, 0.4) is 0 Å². The van der Waals surface area contributed by atoms with Crippen LogP contribution >= 0.6 is 0 Å². The Bertz CT molecular complexity index is 1060. The molecular weight excluding hydrogens is 298 g/mol. The smallest absolute Gasteiger partial charge is 0.163 e. The summed E-state index contributed by atoms with van der Waals surface area (Å²) in [6, 6.07) is 14.7. The summed E-state index contributed by atoms with van der Waals surface area (Å²) in [4.78, 5) is 8.62. The standard InChI is InChI=1S/C19H17N5/c20-18-16-17(15-8-7-13-3-1-2-4-14(13)9-15)23-24(10-12-5-6-12)19(16)22-11-21-18/h1-4,7-9,11-12H,5-6,10H2,(H2,20,21,22). The predicted octanol–water partition coefficient (Wildman–Crippen LogP) is 3.64. The molecule has 1 fully saturated rings. The van der Waals surface area contributed by atoms with Gasteiger partial charge >= 0.3 is 0 Å². The summed E-state index contributed by atoms with van der Waals surface area (Å²) >= 11 is 0. The third-order valence-electron chi connectivity index (χ3n) is 4.71. The van der Waals surface area contributed by atoms with Gasteiger partial charge in [0.2, 0.25) is 0 Å². The number of nitrogens with zero attached hydrogens (tertiary/aromatic N) is 4. The zero-order valence-corrected chi connectivity index (χ0v) is 13.2. The number of fused-ring (bicyclic) bond motifs is 2. The van der Waals surface area contributed by atoms with Crippen molar-refractivity contribution in [3.63, 3.8) is 0 Å². The first-order valence-corrected chi connectivity index (χ1v) is 8.26. The molecule has 0 spiro atoms. The number of hydrogen-bond acceptors (Lipinski definition) is 4. The second-order valence-corrected chi connectivity index (χ2v) is 6.49. The highest BCUT2D eigenvalue weighted by atomic mass is 15.3. The fourth-order valence-electron chi connectivity index (χ4n) is 3.24. The molecule has 2 aromatic carbocycles. The van der Waals surface area contributed by atoms with Crippen molar-refractivity contribution in [3.05, 3.63) is 48.8 Å². The fourth-order valence-corrected chi connectivity index (χ4v) is 3.24. The number of rotatable bonds is 3. The van der Waals surface area contributed by atoms with Gasteiger partial charge in [0, 0.05) is 12.1 Å². The van der Waals surface area contributed by atoms with Crippen LogP contribution in [-0.2, 0) is 6.54 Å². The summed E-state index contributed by atoms with van der Waals surface area (Å²) in [7, 11) is 0. The van der Waals surface area contributed by atoms with E-state index in [1.807, 2.05) is 16.8 Å². The molecule has 5 nitrogen and oxygen atoms in total. The number of hydrogen-bond donors (Lipinski definition) is 1. The van der Waals surface area contributed by atoms with Gasteiger partial charge in [0.05, 0.1) is 5.39 Å². The van der Waals surface area contributed by atoms with E-state index in [-0.39, 0.29) is 0 Å². The first-order valence-electron chi connectivity index (χ1n) is 8.26. The molecule has 1 aliphatic rings. The Balaban J connectivity index is 1.74. The quantitative estimate of drug-likeness (QED) is 0.626. The van der Waals surface area contributed by atoms with Gasteiger partial charge in [-0.2, -0.15) is 5.10 Å². The Morgan fingerprint density at radius 2 is 1.88 bits per heavy atom. The molecule has 1 aliphatic carbocycles. The van der Waals surface area contributed by atoms with Gasteiger partial charge in [-0.15, -0.1) is 0 Å². The van der Waals surface area contributed by atoms with Crippen molar-refractivity contribution in [2.45, 2.75) is 19.4 Å². The molecule has 2 heterocycles. The van der Waals surface area contributed by atoms with E-state index in [4.69, 9.17) is 10.8 Å². The minimum atomic E-state index is 0.491. The average Bonchev–Trinajstić information content (AvgIpc) is 3.35. The van der Waals surface area contributed by atoms with E-state index >= 15 is 0 Å². The van der Waals surface area contributed by atoms with Gasteiger partial charge in [0.25, 0.3) is 0 Å². The van der Waals surface area contributed by atoms with Crippen molar-refractivity contribution < 1.29 is 0 Å². The molecule has 5 rings (SSSR count). The SMILES string of the molecule is Nc1ncnc2c1c(-c1ccc3ccccc3c1)nn2CC1CC1. The van der Waals surface area contributed by atoms with Crippen LogP contribution in [0.2, 0.25) is 0 Å². The van der Waals surface area contributed by atoms with Gasteiger partial charge < -0.3 is 5.73 Å². The molecule has 0 radical (unpaired) electrons. The Hall–Kier alpha value is -2.95. The highest BCUT2D eigenvalue weighted by molar-refractivity contribution is 6.00. The molecule has 2 aromatic heterocycles. The molecule has 24 heavy (non-hydrogen) atoms. The van der Waals surface area contributed by atoms with E-state index in [9.17, 15) is 0 Å². The van der Waals surface area contributed by atoms with Crippen molar-refractivity contribution in [1.29, 1.82) is 0 Å². The van der Waals surface area contributed by atoms with E-state index in [1.165, 1.54) is 29.9 Å². The molecule has 0 aliphatic heterocycles. The number of benzene rings is 2. The Morgan fingerprint density at radius 3 is 2.71 bits per heavy atom. The minimum absolute atomic E-state index is 0.491. The lowest BCUT2D eigenvalue weighted by molar-refractivity contribution is 0.577. The van der Waals surface area contributed by atoms with Gasteiger partial charge in [-0.1, -0.05) is 36.4 Å². The number of nitrogens with two attached hydrogens (primary N) is 1. The molecule has 0 amide bonds. The average molecular weight is 315 g/mol. The Kier molecular flexibility index (Phi) is 2.82. The second kappa shape index (κ2) is 5.03. The van der Waals surface area contributed by atoms with Crippen molar-refractivity contribution in [1.82, 2.24) is 19.7 Å². The molecule has 0 atom stereocenters. The van der Waals surface area contributed by atoms with Crippen molar-refractivity contribution in [2.75, 3.05) is 5.73 Å². The van der Waals surface area contributed by atoms with Crippen molar-refractivity contribution >= 4 is 27.6 Å². The van der Waals surface area contributed by atoms with E-state index < -0.39 is 0 Å². The normalized spacial score (nSPS) is 14.5. The van der Waals surface area contributed by atoms with Gasteiger partial charge in [0.1, 0.15) is 17.8 Å². The topological polar surface area (TPSA) is 69.6 Å². The molecule has 1 saturated carbocycles. The maximum Gasteiger partial charge on any atom is 0.163 e. The van der Waals surface area contributed by atoms with Gasteiger partial charge in [-0.3, -0.25) is 0 Å². The van der Waals surface area contributed by atoms with Crippen LogP contribution in [0.5, 0.6) is 0 Å². The molecule has 118 valence electrons. The van der Waals surface area contributed by atoms with Crippen LogP contribution in [0.25, 0.3) is 33.1 Å². The third-order valence-corrected chi connectivity index (χ3v) is 4.71. The fraction of sp³-hybridized carbons (Fsp3) is 0.211. The lowest BCUT2D eigenvalue weighted by Crippen LogP contribution is -2.03. The zero-order valence-electron chi connectivity index (χ0n) is 13.2. The number of aromatic nitrogens is 4. The summed E-state index contributed by atoms with van der Waals surface area (Å²) in [5.74, 6) is 1.21. The minimum Gasteiger partial charge on any atom is -0.383 e. The second-order valence-electron chi connectivity index (χ2n) is 6.49. The van der Waals surface area contributed by atoms with Gasteiger partial charge in [-0.25, -0.2) is 14.6 Å². The van der Waals surface area contributed by atoms with Crippen LogP contribution < -0.4 is 5.73 Å². The van der Waals surface area contributed by atoms with Crippen molar-refractivity contribution in [2.24, 2.45) is 5.92 Å². The number of anilines is 1. The first-order chi connectivity index (χ1) is 11.8. The lowest BCUT2D eigenvalue weighted by atomic mass is 10.0. The first kappa shape index (κ1) is 13.5. The van der Waals surface area contributed by atoms with E-state index in [1.54, 1.807) is 0 Å². The predicted molar refractivity (Wildman–Crippen MR) is 95.4 cm³/mol. The van der Waals surface area contributed by atoms with E-state index in [2.05, 4.69) is 40.3 Å². The molecule has 4 aromatic rings. The molecule has 5 heteroatoms. The van der Waals surface area contributed by atoms with Crippen LogP contribution in [0, 0.1) is 5.92 Å². The Morgan fingerprint density at radius 1 is 1.04 bits per heavy atom. The summed E-state index contributed by atoms with van der Waals surface area (Å²) in [5.41, 5.74) is 8.91. The molecule has 2 N–H and O–H groups in total. The maximum atomic E-state index is 6.16. The summed E-state index contributed by atoms with van der Waals surface area (Å²) in [6.07, 6.45) is 4.06. The maximum absolute atomic E-state index is 6.16.